The van der Waals surface area contributed by atoms with Crippen LogP contribution in [-0.4, -0.2) is 35.5 Å². The predicted octanol–water partition coefficient (Wildman–Crippen LogP) is 4.66. The van der Waals surface area contributed by atoms with E-state index >= 15 is 0 Å². The van der Waals surface area contributed by atoms with E-state index in [-0.39, 0.29) is 17.4 Å². The van der Waals surface area contributed by atoms with Gasteiger partial charge >= 0.3 is 0 Å². The van der Waals surface area contributed by atoms with Crippen molar-refractivity contribution in [1.82, 2.24) is 4.90 Å². The fourth-order valence-corrected chi connectivity index (χ4v) is 4.71. The van der Waals surface area contributed by atoms with Crippen LogP contribution in [0.4, 0.5) is 0 Å². The molecule has 0 saturated carbocycles. The Morgan fingerprint density at radius 1 is 1.00 bits per heavy atom. The Balaban J connectivity index is 1.54. The van der Waals surface area contributed by atoms with Crippen molar-refractivity contribution in [1.29, 1.82) is 0 Å². The first kappa shape index (κ1) is 18.9. The SMILES string of the molecule is CC1(C)C[C@H]([C@H](CCN2C(=O)c3ccccc3C2=O)c2ccccc2)CCO1. The smallest absolute Gasteiger partial charge is 0.261 e. The topological polar surface area (TPSA) is 46.6 Å². The lowest BCUT2D eigenvalue weighted by molar-refractivity contribution is -0.0774. The lowest BCUT2D eigenvalue weighted by Gasteiger charge is -2.39. The Morgan fingerprint density at radius 2 is 1.61 bits per heavy atom. The highest BCUT2D eigenvalue weighted by Gasteiger charge is 2.38. The molecule has 28 heavy (non-hydrogen) atoms. The van der Waals surface area contributed by atoms with E-state index in [4.69, 9.17) is 4.74 Å². The minimum Gasteiger partial charge on any atom is -0.376 e. The van der Waals surface area contributed by atoms with E-state index in [0.717, 1.165) is 25.9 Å². The number of carbonyl (C=O) groups is 2. The van der Waals surface area contributed by atoms with E-state index in [9.17, 15) is 9.59 Å². The van der Waals surface area contributed by atoms with Gasteiger partial charge in [0.2, 0.25) is 0 Å². The summed E-state index contributed by atoms with van der Waals surface area (Å²) in [5.41, 5.74) is 2.19. The highest BCUT2D eigenvalue weighted by atomic mass is 16.5. The maximum atomic E-state index is 12.7. The average molecular weight is 377 g/mol. The van der Waals surface area contributed by atoms with E-state index in [1.54, 1.807) is 12.1 Å². The molecule has 2 atom stereocenters. The van der Waals surface area contributed by atoms with Gasteiger partial charge in [-0.05, 0) is 62.6 Å². The molecule has 0 unspecified atom stereocenters. The van der Waals surface area contributed by atoms with E-state index in [1.807, 2.05) is 18.2 Å². The molecule has 0 aliphatic carbocycles. The van der Waals surface area contributed by atoms with Gasteiger partial charge in [0.05, 0.1) is 16.7 Å². The molecule has 0 bridgehead atoms. The summed E-state index contributed by atoms with van der Waals surface area (Å²) in [6.45, 7) is 5.49. The van der Waals surface area contributed by atoms with Crippen molar-refractivity contribution in [3.05, 3.63) is 71.3 Å². The van der Waals surface area contributed by atoms with Gasteiger partial charge in [0.25, 0.3) is 11.8 Å². The summed E-state index contributed by atoms with van der Waals surface area (Å²) in [5.74, 6) is 0.439. The molecule has 146 valence electrons. The van der Waals surface area contributed by atoms with Crippen molar-refractivity contribution in [2.45, 2.75) is 44.6 Å². The van der Waals surface area contributed by atoms with Gasteiger partial charge in [-0.1, -0.05) is 42.5 Å². The number of imide groups is 1. The average Bonchev–Trinajstić information content (AvgIpc) is 2.93. The summed E-state index contributed by atoms with van der Waals surface area (Å²) < 4.78 is 5.92. The number of hydrogen-bond donors (Lipinski definition) is 0. The summed E-state index contributed by atoms with van der Waals surface area (Å²) in [7, 11) is 0. The molecule has 0 spiro atoms. The Morgan fingerprint density at radius 3 is 2.21 bits per heavy atom. The molecule has 1 fully saturated rings. The van der Waals surface area contributed by atoms with E-state index in [1.165, 1.54) is 10.5 Å². The third-order valence-corrected chi connectivity index (χ3v) is 6.07. The second kappa shape index (κ2) is 7.51. The molecule has 2 aliphatic heterocycles. The second-order valence-corrected chi connectivity index (χ2v) is 8.47. The predicted molar refractivity (Wildman–Crippen MR) is 108 cm³/mol. The highest BCUT2D eigenvalue weighted by molar-refractivity contribution is 6.21. The quantitative estimate of drug-likeness (QED) is 0.712. The third kappa shape index (κ3) is 3.61. The maximum absolute atomic E-state index is 12.7. The molecule has 2 heterocycles. The molecule has 4 nitrogen and oxygen atoms in total. The molecular formula is C24H27NO3. The van der Waals surface area contributed by atoms with Crippen LogP contribution in [0, 0.1) is 5.92 Å². The number of benzene rings is 2. The first-order valence-electron chi connectivity index (χ1n) is 10.1. The van der Waals surface area contributed by atoms with Gasteiger partial charge in [0, 0.05) is 13.2 Å². The third-order valence-electron chi connectivity index (χ3n) is 6.07. The summed E-state index contributed by atoms with van der Waals surface area (Å²) in [4.78, 5) is 26.9. The lowest BCUT2D eigenvalue weighted by atomic mass is 9.75. The van der Waals surface area contributed by atoms with Gasteiger partial charge in [-0.2, -0.15) is 0 Å². The molecular weight excluding hydrogens is 350 g/mol. The van der Waals surface area contributed by atoms with Gasteiger partial charge in [-0.25, -0.2) is 0 Å². The number of fused-ring (bicyclic) bond motifs is 1. The molecule has 1 saturated heterocycles. The number of nitrogens with zero attached hydrogens (tertiary/aromatic N) is 1. The first-order valence-corrected chi connectivity index (χ1v) is 10.1. The van der Waals surface area contributed by atoms with Gasteiger partial charge in [-0.15, -0.1) is 0 Å². The number of carbonyl (C=O) groups excluding carboxylic acids is 2. The van der Waals surface area contributed by atoms with Crippen molar-refractivity contribution in [3.63, 3.8) is 0 Å². The minimum atomic E-state index is -0.167. The van der Waals surface area contributed by atoms with E-state index in [2.05, 4.69) is 38.1 Å². The molecule has 4 heteroatoms. The van der Waals surface area contributed by atoms with Crippen LogP contribution in [0.15, 0.2) is 54.6 Å². The Bertz CT molecular complexity index is 839. The summed E-state index contributed by atoms with van der Waals surface area (Å²) in [6.07, 6.45) is 2.76. The highest BCUT2D eigenvalue weighted by Crippen LogP contribution is 2.40. The second-order valence-electron chi connectivity index (χ2n) is 8.47. The van der Waals surface area contributed by atoms with Crippen LogP contribution in [0.1, 0.15) is 65.3 Å². The molecule has 2 aromatic rings. The van der Waals surface area contributed by atoms with Crippen LogP contribution in [0.25, 0.3) is 0 Å². The zero-order valence-electron chi connectivity index (χ0n) is 16.6. The molecule has 4 rings (SSSR count). The van der Waals surface area contributed by atoms with Crippen LogP contribution in [0.5, 0.6) is 0 Å². The summed E-state index contributed by atoms with van der Waals surface area (Å²) in [6, 6.07) is 17.6. The number of amides is 2. The fourth-order valence-electron chi connectivity index (χ4n) is 4.71. The van der Waals surface area contributed by atoms with Crippen LogP contribution in [0.2, 0.25) is 0 Å². The number of hydrogen-bond acceptors (Lipinski definition) is 3. The van der Waals surface area contributed by atoms with Crippen molar-refractivity contribution in [2.75, 3.05) is 13.2 Å². The summed E-state index contributed by atoms with van der Waals surface area (Å²) in [5, 5.41) is 0. The Hall–Kier alpha value is -2.46. The first-order chi connectivity index (χ1) is 13.5. The zero-order valence-corrected chi connectivity index (χ0v) is 16.6. The van der Waals surface area contributed by atoms with E-state index in [0.29, 0.717) is 29.5 Å². The van der Waals surface area contributed by atoms with Crippen molar-refractivity contribution in [2.24, 2.45) is 5.92 Å². The molecule has 2 aromatic carbocycles. The molecule has 2 aliphatic rings. The molecule has 0 aromatic heterocycles. The van der Waals surface area contributed by atoms with Crippen LogP contribution >= 0.6 is 0 Å². The van der Waals surface area contributed by atoms with Crippen LogP contribution < -0.4 is 0 Å². The lowest BCUT2D eigenvalue weighted by Crippen LogP contribution is -2.38. The largest absolute Gasteiger partial charge is 0.376 e. The Labute approximate surface area is 166 Å². The Kier molecular flexibility index (Phi) is 5.07. The maximum Gasteiger partial charge on any atom is 0.261 e. The van der Waals surface area contributed by atoms with Crippen molar-refractivity contribution >= 4 is 11.8 Å². The van der Waals surface area contributed by atoms with Crippen molar-refractivity contribution in [3.8, 4) is 0 Å². The number of rotatable bonds is 5. The number of ether oxygens (including phenoxy) is 1. The van der Waals surface area contributed by atoms with Gasteiger partial charge in [0.15, 0.2) is 0 Å². The van der Waals surface area contributed by atoms with Crippen LogP contribution in [-0.2, 0) is 4.74 Å². The van der Waals surface area contributed by atoms with Gasteiger partial charge < -0.3 is 4.74 Å². The molecule has 0 N–H and O–H groups in total. The normalized spacial score (nSPS) is 22.2. The van der Waals surface area contributed by atoms with Crippen molar-refractivity contribution < 1.29 is 14.3 Å². The standard InChI is InChI=1S/C24H27NO3/c1-24(2)16-18(13-15-28-24)19(17-8-4-3-5-9-17)12-14-25-22(26)20-10-6-7-11-21(20)23(25)27/h3-11,18-19H,12-16H2,1-2H3/t18-,19-/m1/s1. The van der Waals surface area contributed by atoms with Crippen LogP contribution in [0.3, 0.4) is 0 Å². The van der Waals surface area contributed by atoms with Gasteiger partial charge in [-0.3, -0.25) is 14.5 Å². The van der Waals surface area contributed by atoms with Gasteiger partial charge in [0.1, 0.15) is 0 Å². The minimum absolute atomic E-state index is 0.133. The monoisotopic (exact) mass is 377 g/mol. The fraction of sp³-hybridized carbons (Fsp3) is 0.417. The molecule has 2 amide bonds. The molecule has 0 radical (unpaired) electrons. The van der Waals surface area contributed by atoms with E-state index < -0.39 is 0 Å². The zero-order chi connectivity index (χ0) is 19.7. The summed E-state index contributed by atoms with van der Waals surface area (Å²) >= 11 is 0.